The van der Waals surface area contributed by atoms with Gasteiger partial charge < -0.3 is 15.0 Å². The van der Waals surface area contributed by atoms with Gasteiger partial charge in [-0.3, -0.25) is 0 Å². The third kappa shape index (κ3) is 2.77. The number of rotatable bonds is 4. The summed E-state index contributed by atoms with van der Waals surface area (Å²) in [7, 11) is 2.05. The summed E-state index contributed by atoms with van der Waals surface area (Å²) in [6.45, 7) is 4.14. The molecule has 2 heterocycles. The number of anilines is 1. The summed E-state index contributed by atoms with van der Waals surface area (Å²) in [4.78, 5) is 2.63. The molecular weight excluding hydrogens is 236 g/mol. The zero-order valence-electron chi connectivity index (χ0n) is 11.8. The first-order chi connectivity index (χ1) is 9.38. The summed E-state index contributed by atoms with van der Waals surface area (Å²) in [6, 6.07) is 9.50. The fourth-order valence-corrected chi connectivity index (χ4v) is 3.40. The van der Waals surface area contributed by atoms with Crippen LogP contribution in [0.5, 0.6) is 0 Å². The van der Waals surface area contributed by atoms with Gasteiger partial charge in [0.1, 0.15) is 0 Å². The van der Waals surface area contributed by atoms with E-state index in [1.807, 2.05) is 0 Å². The van der Waals surface area contributed by atoms with Gasteiger partial charge in [0.15, 0.2) is 0 Å². The van der Waals surface area contributed by atoms with E-state index in [1.54, 1.807) is 0 Å². The largest absolute Gasteiger partial charge is 0.381 e. The highest BCUT2D eigenvalue weighted by molar-refractivity contribution is 5.59. The van der Waals surface area contributed by atoms with Gasteiger partial charge in [0, 0.05) is 38.0 Å². The van der Waals surface area contributed by atoms with Gasteiger partial charge >= 0.3 is 0 Å². The molecule has 3 rings (SSSR count). The number of likely N-dealkylation sites (N-methyl/N-ethyl adjacent to an activating group) is 1. The molecule has 0 bridgehead atoms. The SMILES string of the molecule is CNCC1Cc2ccccc2N1CC1CCOCC1. The Kier molecular flexibility index (Phi) is 4.04. The van der Waals surface area contributed by atoms with Gasteiger partial charge in [0.05, 0.1) is 0 Å². The minimum Gasteiger partial charge on any atom is -0.381 e. The number of hydrogen-bond donors (Lipinski definition) is 1. The zero-order valence-corrected chi connectivity index (χ0v) is 11.8. The highest BCUT2D eigenvalue weighted by Gasteiger charge is 2.30. The van der Waals surface area contributed by atoms with Gasteiger partial charge in [-0.25, -0.2) is 0 Å². The fraction of sp³-hybridized carbons (Fsp3) is 0.625. The van der Waals surface area contributed by atoms with Crippen molar-refractivity contribution in [1.29, 1.82) is 0 Å². The smallest absolute Gasteiger partial charge is 0.0469 e. The van der Waals surface area contributed by atoms with Crippen LogP contribution in [0.4, 0.5) is 5.69 Å². The van der Waals surface area contributed by atoms with Crippen LogP contribution in [0.15, 0.2) is 24.3 Å². The molecule has 1 aromatic rings. The summed E-state index contributed by atoms with van der Waals surface area (Å²) in [5, 5.41) is 3.35. The van der Waals surface area contributed by atoms with Gasteiger partial charge in [-0.2, -0.15) is 0 Å². The molecule has 2 aliphatic heterocycles. The lowest BCUT2D eigenvalue weighted by atomic mass is 9.99. The van der Waals surface area contributed by atoms with E-state index in [2.05, 4.69) is 41.5 Å². The number of ether oxygens (including phenoxy) is 1. The van der Waals surface area contributed by atoms with Crippen LogP contribution < -0.4 is 10.2 Å². The van der Waals surface area contributed by atoms with Crippen molar-refractivity contribution >= 4 is 5.69 Å². The Morgan fingerprint density at radius 2 is 2.05 bits per heavy atom. The molecule has 0 radical (unpaired) electrons. The molecule has 19 heavy (non-hydrogen) atoms. The molecule has 3 nitrogen and oxygen atoms in total. The molecule has 0 saturated carbocycles. The van der Waals surface area contributed by atoms with Crippen molar-refractivity contribution in [2.45, 2.75) is 25.3 Å². The Hall–Kier alpha value is -1.06. The van der Waals surface area contributed by atoms with Crippen LogP contribution in [0.3, 0.4) is 0 Å². The van der Waals surface area contributed by atoms with Crippen molar-refractivity contribution in [3.63, 3.8) is 0 Å². The van der Waals surface area contributed by atoms with E-state index < -0.39 is 0 Å². The van der Waals surface area contributed by atoms with Crippen LogP contribution >= 0.6 is 0 Å². The second kappa shape index (κ2) is 5.93. The van der Waals surface area contributed by atoms with E-state index >= 15 is 0 Å². The number of benzene rings is 1. The molecule has 0 spiro atoms. The van der Waals surface area contributed by atoms with Crippen molar-refractivity contribution in [3.8, 4) is 0 Å². The standard InChI is InChI=1S/C16H24N2O/c1-17-11-15-10-14-4-2-3-5-16(14)18(15)12-13-6-8-19-9-7-13/h2-5,13,15,17H,6-12H2,1H3. The average molecular weight is 260 g/mol. The number of para-hydroxylation sites is 1. The summed E-state index contributed by atoms with van der Waals surface area (Å²) >= 11 is 0. The predicted octanol–water partition coefficient (Wildman–Crippen LogP) is 2.06. The van der Waals surface area contributed by atoms with Crippen LogP contribution in [-0.2, 0) is 11.2 Å². The molecule has 0 aliphatic carbocycles. The predicted molar refractivity (Wildman–Crippen MR) is 78.7 cm³/mol. The van der Waals surface area contributed by atoms with Crippen LogP contribution in [0.1, 0.15) is 18.4 Å². The number of fused-ring (bicyclic) bond motifs is 1. The third-order valence-electron chi connectivity index (χ3n) is 4.43. The van der Waals surface area contributed by atoms with Crippen molar-refractivity contribution in [3.05, 3.63) is 29.8 Å². The Balaban J connectivity index is 1.75. The monoisotopic (exact) mass is 260 g/mol. The summed E-state index contributed by atoms with van der Waals surface area (Å²) in [5.41, 5.74) is 2.96. The molecule has 3 heteroatoms. The first kappa shape index (κ1) is 12.9. The van der Waals surface area contributed by atoms with Gasteiger partial charge in [-0.15, -0.1) is 0 Å². The molecule has 1 N–H and O–H groups in total. The van der Waals surface area contributed by atoms with Crippen molar-refractivity contribution in [2.24, 2.45) is 5.92 Å². The second-order valence-corrected chi connectivity index (χ2v) is 5.75. The molecule has 2 aliphatic rings. The lowest BCUT2D eigenvalue weighted by Gasteiger charge is -2.33. The van der Waals surface area contributed by atoms with Gasteiger partial charge in [0.2, 0.25) is 0 Å². The van der Waals surface area contributed by atoms with E-state index in [0.717, 1.165) is 25.7 Å². The number of nitrogens with zero attached hydrogens (tertiary/aromatic N) is 1. The maximum absolute atomic E-state index is 5.48. The summed E-state index contributed by atoms with van der Waals surface area (Å²) in [6.07, 6.45) is 3.61. The van der Waals surface area contributed by atoms with Gasteiger partial charge in [-0.05, 0) is 43.9 Å². The van der Waals surface area contributed by atoms with Gasteiger partial charge in [-0.1, -0.05) is 18.2 Å². The number of nitrogens with one attached hydrogen (secondary N) is 1. The van der Waals surface area contributed by atoms with Crippen LogP contribution in [0, 0.1) is 5.92 Å². The van der Waals surface area contributed by atoms with Crippen molar-refractivity contribution in [1.82, 2.24) is 5.32 Å². The molecule has 1 saturated heterocycles. The highest BCUT2D eigenvalue weighted by Crippen LogP contribution is 2.33. The minimum atomic E-state index is 0.616. The van der Waals surface area contributed by atoms with Crippen LogP contribution in [-0.4, -0.2) is 39.4 Å². The van der Waals surface area contributed by atoms with Gasteiger partial charge in [0.25, 0.3) is 0 Å². The minimum absolute atomic E-state index is 0.616. The first-order valence-corrected chi connectivity index (χ1v) is 7.45. The number of hydrogen-bond acceptors (Lipinski definition) is 3. The maximum atomic E-state index is 5.48. The summed E-state index contributed by atoms with van der Waals surface area (Å²) < 4.78 is 5.48. The zero-order chi connectivity index (χ0) is 13.1. The quantitative estimate of drug-likeness (QED) is 0.897. The fourth-order valence-electron chi connectivity index (χ4n) is 3.40. The van der Waals surface area contributed by atoms with E-state index in [9.17, 15) is 0 Å². The molecule has 1 aromatic carbocycles. The van der Waals surface area contributed by atoms with Crippen molar-refractivity contribution in [2.75, 3.05) is 38.3 Å². The Morgan fingerprint density at radius 1 is 1.26 bits per heavy atom. The first-order valence-electron chi connectivity index (χ1n) is 7.45. The van der Waals surface area contributed by atoms with E-state index in [1.165, 1.54) is 37.1 Å². The van der Waals surface area contributed by atoms with Crippen LogP contribution in [0.25, 0.3) is 0 Å². The highest BCUT2D eigenvalue weighted by atomic mass is 16.5. The second-order valence-electron chi connectivity index (χ2n) is 5.75. The van der Waals surface area contributed by atoms with E-state index in [4.69, 9.17) is 4.74 Å². The molecule has 1 atom stereocenters. The molecule has 0 aromatic heterocycles. The molecule has 1 unspecified atom stereocenters. The van der Waals surface area contributed by atoms with E-state index in [0.29, 0.717) is 6.04 Å². The summed E-state index contributed by atoms with van der Waals surface area (Å²) in [5.74, 6) is 0.791. The third-order valence-corrected chi connectivity index (χ3v) is 4.43. The average Bonchev–Trinajstić information content (AvgIpc) is 2.79. The maximum Gasteiger partial charge on any atom is 0.0469 e. The molecule has 104 valence electrons. The molecule has 1 fully saturated rings. The van der Waals surface area contributed by atoms with Crippen LogP contribution in [0.2, 0.25) is 0 Å². The van der Waals surface area contributed by atoms with Crippen molar-refractivity contribution < 1.29 is 4.74 Å². The molecule has 0 amide bonds. The Bertz CT molecular complexity index is 415. The lowest BCUT2D eigenvalue weighted by molar-refractivity contribution is 0.0678. The topological polar surface area (TPSA) is 24.5 Å². The van der Waals surface area contributed by atoms with E-state index in [-0.39, 0.29) is 0 Å². The normalized spacial score (nSPS) is 23.6. The Morgan fingerprint density at radius 3 is 2.84 bits per heavy atom. The molecular formula is C16H24N2O. The lowest BCUT2D eigenvalue weighted by Crippen LogP contribution is -2.42. The Labute approximate surface area is 115 Å².